The van der Waals surface area contributed by atoms with Crippen LogP contribution in [0, 0.1) is 11.8 Å². The Morgan fingerprint density at radius 2 is 1.52 bits per heavy atom. The fraction of sp³-hybridized carbons (Fsp3) is 0.422. The fourth-order valence-corrected chi connectivity index (χ4v) is 8.17. The molecule has 4 aromatic rings. The van der Waals surface area contributed by atoms with Gasteiger partial charge in [-0.25, -0.2) is 9.98 Å². The molecular weight excluding hydrogens is 707 g/mol. The van der Waals surface area contributed by atoms with Gasteiger partial charge in [-0.2, -0.15) is 0 Å². The molecule has 3 heterocycles. The third-order valence-electron chi connectivity index (χ3n) is 11.2. The summed E-state index contributed by atoms with van der Waals surface area (Å²) in [7, 11) is 0. The van der Waals surface area contributed by atoms with E-state index in [0.29, 0.717) is 82.8 Å². The first-order chi connectivity index (χ1) is 27.5. The highest BCUT2D eigenvalue weighted by Crippen LogP contribution is 2.35. The number of amides is 1. The summed E-state index contributed by atoms with van der Waals surface area (Å²) in [6, 6.07) is 31.3. The first kappa shape index (κ1) is 39.0. The van der Waals surface area contributed by atoms with Crippen LogP contribution in [0.1, 0.15) is 68.1 Å². The highest BCUT2D eigenvalue weighted by Gasteiger charge is 2.36. The summed E-state index contributed by atoms with van der Waals surface area (Å²) < 4.78 is 23.6. The Morgan fingerprint density at radius 3 is 2.21 bits per heavy atom. The lowest BCUT2D eigenvalue weighted by molar-refractivity contribution is -0.151. The van der Waals surface area contributed by atoms with E-state index in [2.05, 4.69) is 9.88 Å². The molecule has 1 saturated heterocycles. The maximum Gasteiger partial charge on any atom is 0.309 e. The number of hydrogen-bond acceptors (Lipinski definition) is 10. The molecule has 0 spiro atoms. The molecular formula is C45H53N5O6. The molecule has 1 atom stereocenters. The molecule has 0 radical (unpaired) electrons. The molecule has 56 heavy (non-hydrogen) atoms. The van der Waals surface area contributed by atoms with E-state index in [1.165, 1.54) is 0 Å². The smallest absolute Gasteiger partial charge is 0.309 e. The van der Waals surface area contributed by atoms with E-state index in [1.807, 2.05) is 102 Å². The standard InChI is InChI=1S/C45H53N5O6/c46-45-48-40-29-47-42(56-39-14-8-3-9-15-39)28-37(40)30-50(45)41(35-22-25-53-26-23-35)20-21-43(51)49(24-27-54-31-33-10-4-1-5-11-33)38-18-16-36(17-19-38)44(52)55-32-34-12-6-2-7-13-34/h1-15,28-29,35-36,38,41H,16-27,30-32H2,(H2,46,48). The molecule has 1 aliphatic carbocycles. The van der Waals surface area contributed by atoms with Crippen LogP contribution in [0.5, 0.6) is 11.6 Å². The summed E-state index contributed by atoms with van der Waals surface area (Å²) in [6.45, 7) is 3.56. The zero-order chi connectivity index (χ0) is 38.5. The molecule has 11 heteroatoms. The molecule has 11 nitrogen and oxygen atoms in total. The van der Waals surface area contributed by atoms with Gasteiger partial charge in [0, 0.05) is 56.4 Å². The lowest BCUT2D eigenvalue weighted by Crippen LogP contribution is -2.50. The van der Waals surface area contributed by atoms with E-state index in [-0.39, 0.29) is 42.4 Å². The maximum atomic E-state index is 14.4. The van der Waals surface area contributed by atoms with Crippen LogP contribution >= 0.6 is 0 Å². The number of nitrogens with zero attached hydrogens (tertiary/aromatic N) is 4. The zero-order valence-electron chi connectivity index (χ0n) is 32.0. The Morgan fingerprint density at radius 1 is 0.857 bits per heavy atom. The number of fused-ring (bicyclic) bond motifs is 1. The van der Waals surface area contributed by atoms with Crippen molar-refractivity contribution in [2.24, 2.45) is 22.6 Å². The molecule has 7 rings (SSSR count). The second-order valence-electron chi connectivity index (χ2n) is 14.9. The number of esters is 1. The predicted molar refractivity (Wildman–Crippen MR) is 214 cm³/mol. The van der Waals surface area contributed by atoms with Gasteiger partial charge in [-0.3, -0.25) is 9.59 Å². The molecule has 2 fully saturated rings. The van der Waals surface area contributed by atoms with Gasteiger partial charge in [0.2, 0.25) is 11.8 Å². The molecule has 1 amide bonds. The average Bonchev–Trinajstić information content (AvgIpc) is 3.24. The first-order valence-electron chi connectivity index (χ1n) is 20.0. The van der Waals surface area contributed by atoms with E-state index in [9.17, 15) is 9.59 Å². The van der Waals surface area contributed by atoms with Crippen molar-refractivity contribution in [1.29, 1.82) is 0 Å². The number of benzene rings is 3. The number of hydrogen-bond donors (Lipinski definition) is 1. The quantitative estimate of drug-likeness (QED) is 0.0909. The van der Waals surface area contributed by atoms with Crippen LogP contribution in [-0.4, -0.2) is 71.1 Å². The number of para-hydroxylation sites is 1. The number of rotatable bonds is 16. The Labute approximate surface area is 329 Å². The van der Waals surface area contributed by atoms with Crippen molar-refractivity contribution in [2.45, 2.75) is 83.2 Å². The second-order valence-corrected chi connectivity index (χ2v) is 14.9. The van der Waals surface area contributed by atoms with Crippen LogP contribution < -0.4 is 10.5 Å². The largest absolute Gasteiger partial charge is 0.461 e. The van der Waals surface area contributed by atoms with Gasteiger partial charge in [0.1, 0.15) is 12.4 Å². The molecule has 2 aliphatic heterocycles. The van der Waals surface area contributed by atoms with Crippen LogP contribution in [0.4, 0.5) is 5.69 Å². The number of ether oxygens (including phenoxy) is 4. The molecule has 3 aliphatic rings. The Balaban J connectivity index is 1.02. The summed E-state index contributed by atoms with van der Waals surface area (Å²) in [5.41, 5.74) is 10.5. The average molecular weight is 760 g/mol. The summed E-state index contributed by atoms with van der Waals surface area (Å²) in [4.78, 5) is 40.9. The zero-order valence-corrected chi connectivity index (χ0v) is 32.0. The van der Waals surface area contributed by atoms with E-state index in [4.69, 9.17) is 29.7 Å². The molecule has 294 valence electrons. The lowest BCUT2D eigenvalue weighted by Gasteiger charge is -2.42. The van der Waals surface area contributed by atoms with Crippen LogP contribution in [-0.2, 0) is 43.6 Å². The van der Waals surface area contributed by atoms with Gasteiger partial charge >= 0.3 is 5.97 Å². The predicted octanol–water partition coefficient (Wildman–Crippen LogP) is 7.56. The van der Waals surface area contributed by atoms with Gasteiger partial charge in [0.15, 0.2) is 5.96 Å². The number of aromatic nitrogens is 1. The molecule has 0 bridgehead atoms. The van der Waals surface area contributed by atoms with E-state index in [1.54, 1.807) is 6.20 Å². The SMILES string of the molecule is NC1=Nc2cnc(Oc3ccccc3)cc2CN1C(CCC(=O)N(CCOCc1ccccc1)C1CCC(C(=O)OCc2ccccc2)CC1)C1CCOCC1. The second kappa shape index (κ2) is 19.6. The minimum Gasteiger partial charge on any atom is -0.461 e. The minimum atomic E-state index is -0.169. The van der Waals surface area contributed by atoms with Gasteiger partial charge in [0.25, 0.3) is 0 Å². The topological polar surface area (TPSA) is 129 Å². The van der Waals surface area contributed by atoms with Crippen molar-refractivity contribution in [1.82, 2.24) is 14.8 Å². The summed E-state index contributed by atoms with van der Waals surface area (Å²) in [6.07, 6.45) is 7.30. The number of carbonyl (C=O) groups excluding carboxylic acids is 2. The maximum absolute atomic E-state index is 14.4. The van der Waals surface area contributed by atoms with Crippen LogP contribution in [0.3, 0.4) is 0 Å². The third kappa shape index (κ3) is 10.5. The van der Waals surface area contributed by atoms with Gasteiger partial charge < -0.3 is 34.5 Å². The van der Waals surface area contributed by atoms with E-state index < -0.39 is 0 Å². The van der Waals surface area contributed by atoms with Gasteiger partial charge in [-0.05, 0) is 74.1 Å². The highest BCUT2D eigenvalue weighted by atomic mass is 16.5. The Kier molecular flexibility index (Phi) is 13.6. The summed E-state index contributed by atoms with van der Waals surface area (Å²) in [5, 5.41) is 0. The molecule has 2 N–H and O–H groups in total. The van der Waals surface area contributed by atoms with Gasteiger partial charge in [-0.15, -0.1) is 0 Å². The van der Waals surface area contributed by atoms with Crippen molar-refractivity contribution < 1.29 is 28.5 Å². The number of nitrogens with two attached hydrogens (primary N) is 1. The van der Waals surface area contributed by atoms with Crippen molar-refractivity contribution >= 4 is 23.5 Å². The van der Waals surface area contributed by atoms with Crippen molar-refractivity contribution in [3.63, 3.8) is 0 Å². The molecule has 3 aromatic carbocycles. The van der Waals surface area contributed by atoms with Crippen LogP contribution in [0.15, 0.2) is 108 Å². The van der Waals surface area contributed by atoms with E-state index in [0.717, 1.165) is 48.1 Å². The van der Waals surface area contributed by atoms with Crippen LogP contribution in [0.25, 0.3) is 0 Å². The van der Waals surface area contributed by atoms with Crippen LogP contribution in [0.2, 0.25) is 0 Å². The number of carbonyl (C=O) groups is 2. The molecule has 1 saturated carbocycles. The molecule has 1 aromatic heterocycles. The highest BCUT2D eigenvalue weighted by molar-refractivity contribution is 5.84. The monoisotopic (exact) mass is 759 g/mol. The third-order valence-corrected chi connectivity index (χ3v) is 11.2. The Bertz CT molecular complexity index is 1880. The lowest BCUT2D eigenvalue weighted by atomic mass is 9.84. The van der Waals surface area contributed by atoms with Crippen molar-refractivity contribution in [2.75, 3.05) is 26.4 Å². The normalized spacial score (nSPS) is 19.0. The summed E-state index contributed by atoms with van der Waals surface area (Å²) >= 11 is 0. The Hall–Kier alpha value is -5.26. The van der Waals surface area contributed by atoms with Crippen molar-refractivity contribution in [3.8, 4) is 11.6 Å². The summed E-state index contributed by atoms with van der Waals surface area (Å²) in [5.74, 6) is 1.69. The van der Waals surface area contributed by atoms with Gasteiger partial charge in [-0.1, -0.05) is 78.9 Å². The first-order valence-corrected chi connectivity index (χ1v) is 20.0. The number of pyridine rings is 1. The van der Waals surface area contributed by atoms with E-state index >= 15 is 0 Å². The number of guanidine groups is 1. The fourth-order valence-electron chi connectivity index (χ4n) is 8.17. The van der Waals surface area contributed by atoms with Crippen molar-refractivity contribution in [3.05, 3.63) is 120 Å². The van der Waals surface area contributed by atoms with Gasteiger partial charge in [0.05, 0.1) is 31.0 Å². The minimum absolute atomic E-state index is 0.0160. The molecule has 1 unspecified atom stereocenters. The number of aliphatic imine (C=N–C) groups is 1.